The van der Waals surface area contributed by atoms with E-state index in [1.54, 1.807) is 19.5 Å². The van der Waals surface area contributed by atoms with Crippen LogP contribution in [0.25, 0.3) is 22.3 Å². The summed E-state index contributed by atoms with van der Waals surface area (Å²) in [5.41, 5.74) is 7.57. The maximum absolute atomic E-state index is 6.24. The molecule has 1 aromatic carbocycles. The van der Waals surface area contributed by atoms with Crippen LogP contribution in [-0.2, 0) is 13.1 Å². The minimum Gasteiger partial charge on any atom is -0.497 e. The van der Waals surface area contributed by atoms with Crippen LogP contribution in [0.5, 0.6) is 17.5 Å². The molecule has 0 atom stereocenters. The molecular weight excluding hydrogens is 540 g/mol. The summed E-state index contributed by atoms with van der Waals surface area (Å²) in [7, 11) is 1.69. The van der Waals surface area contributed by atoms with Crippen LogP contribution in [0.1, 0.15) is 56.0 Å². The van der Waals surface area contributed by atoms with Gasteiger partial charge >= 0.3 is 0 Å². The van der Waals surface area contributed by atoms with Crippen LogP contribution in [0.4, 0.5) is 5.69 Å². The summed E-state index contributed by atoms with van der Waals surface area (Å²) in [5.74, 6) is 2.08. The molecule has 9 nitrogen and oxygen atoms in total. The Morgan fingerprint density at radius 1 is 0.907 bits per heavy atom. The highest BCUT2D eigenvalue weighted by atomic mass is 16.5. The second-order valence-corrected chi connectivity index (χ2v) is 11.1. The minimum atomic E-state index is 0.137. The summed E-state index contributed by atoms with van der Waals surface area (Å²) < 4.78 is 20.0. The molecule has 0 saturated heterocycles. The summed E-state index contributed by atoms with van der Waals surface area (Å²) in [4.78, 5) is 16.8. The summed E-state index contributed by atoms with van der Waals surface area (Å²) in [6, 6.07) is 18.5. The third kappa shape index (κ3) is 6.11. The number of nitrogens with zero attached hydrogens (tertiary/aromatic N) is 6. The second kappa shape index (κ2) is 12.7. The molecule has 9 heteroatoms. The van der Waals surface area contributed by atoms with Gasteiger partial charge in [-0.2, -0.15) is 5.10 Å². The number of hydrogen-bond acceptors (Lipinski definition) is 8. The lowest BCUT2D eigenvalue weighted by molar-refractivity contribution is 0.268. The first kappa shape index (κ1) is 28.5. The van der Waals surface area contributed by atoms with E-state index in [-0.39, 0.29) is 6.04 Å². The Kier molecular flexibility index (Phi) is 8.40. The van der Waals surface area contributed by atoms with Gasteiger partial charge in [-0.05, 0) is 82.0 Å². The molecule has 5 aromatic rings. The highest BCUT2D eigenvalue weighted by Gasteiger charge is 2.24. The Balaban J connectivity index is 1.59. The summed E-state index contributed by atoms with van der Waals surface area (Å²) >= 11 is 0. The number of methoxy groups -OCH3 is 1. The number of fused-ring (bicyclic) bond motifs is 7. The Morgan fingerprint density at radius 3 is 2.37 bits per heavy atom. The first-order valence-corrected chi connectivity index (χ1v) is 14.9. The summed E-state index contributed by atoms with van der Waals surface area (Å²) in [5, 5.41) is 4.96. The van der Waals surface area contributed by atoms with Gasteiger partial charge in [-0.25, -0.2) is 15.0 Å². The van der Waals surface area contributed by atoms with E-state index in [9.17, 15) is 0 Å². The number of pyridine rings is 3. The molecule has 0 amide bonds. The van der Waals surface area contributed by atoms with E-state index in [2.05, 4.69) is 57.7 Å². The van der Waals surface area contributed by atoms with Crippen molar-refractivity contribution >= 4 is 16.7 Å². The zero-order chi connectivity index (χ0) is 29.8. The maximum Gasteiger partial charge on any atom is 0.222 e. The monoisotopic (exact) mass is 578 g/mol. The van der Waals surface area contributed by atoms with Crippen molar-refractivity contribution in [2.45, 2.75) is 59.2 Å². The molecule has 222 valence electrons. The van der Waals surface area contributed by atoms with Crippen molar-refractivity contribution in [1.82, 2.24) is 24.7 Å². The average Bonchev–Trinajstić information content (AvgIpc) is 3.37. The van der Waals surface area contributed by atoms with Crippen LogP contribution in [-0.4, -0.2) is 45.1 Å². The lowest BCUT2D eigenvalue weighted by atomic mass is 10.1. The van der Waals surface area contributed by atoms with E-state index in [4.69, 9.17) is 24.3 Å². The van der Waals surface area contributed by atoms with Crippen LogP contribution in [0.15, 0.2) is 67.0 Å². The average molecular weight is 579 g/mol. The fraction of sp³-hybridized carbons (Fsp3) is 0.353. The van der Waals surface area contributed by atoms with E-state index >= 15 is 0 Å². The molecule has 6 rings (SSSR count). The Labute approximate surface area is 252 Å². The van der Waals surface area contributed by atoms with E-state index < -0.39 is 0 Å². The van der Waals surface area contributed by atoms with Crippen LogP contribution in [0.3, 0.4) is 0 Å². The predicted octanol–water partition coefficient (Wildman–Crippen LogP) is 6.93. The van der Waals surface area contributed by atoms with E-state index in [0.29, 0.717) is 38.1 Å². The molecule has 4 aromatic heterocycles. The van der Waals surface area contributed by atoms with Gasteiger partial charge in [-0.3, -0.25) is 4.68 Å². The van der Waals surface area contributed by atoms with Gasteiger partial charge in [0.15, 0.2) is 0 Å². The first-order chi connectivity index (χ1) is 21.0. The molecule has 0 unspecified atom stereocenters. The van der Waals surface area contributed by atoms with Gasteiger partial charge in [0, 0.05) is 37.1 Å². The lowest BCUT2D eigenvalue weighted by Gasteiger charge is -2.28. The fourth-order valence-electron chi connectivity index (χ4n) is 5.49. The van der Waals surface area contributed by atoms with Crippen LogP contribution < -0.4 is 19.1 Å². The van der Waals surface area contributed by atoms with Crippen molar-refractivity contribution < 1.29 is 14.2 Å². The summed E-state index contributed by atoms with van der Waals surface area (Å²) in [6.07, 6.45) is 6.37. The highest BCUT2D eigenvalue weighted by molar-refractivity contribution is 5.93. The molecule has 0 aliphatic carbocycles. The maximum atomic E-state index is 6.24. The molecule has 0 N–H and O–H groups in total. The first-order valence-electron chi connectivity index (χ1n) is 14.9. The Morgan fingerprint density at radius 2 is 1.63 bits per heavy atom. The largest absolute Gasteiger partial charge is 0.497 e. The van der Waals surface area contributed by atoms with Crippen molar-refractivity contribution in [2.75, 3.05) is 25.2 Å². The molecule has 1 aliphatic heterocycles. The van der Waals surface area contributed by atoms with Gasteiger partial charge < -0.3 is 19.1 Å². The number of anilines is 1. The van der Waals surface area contributed by atoms with E-state index in [1.807, 2.05) is 37.3 Å². The van der Waals surface area contributed by atoms with Crippen molar-refractivity contribution in [2.24, 2.45) is 0 Å². The van der Waals surface area contributed by atoms with Gasteiger partial charge in [0.1, 0.15) is 16.8 Å². The fourth-order valence-corrected chi connectivity index (χ4v) is 5.49. The van der Waals surface area contributed by atoms with Crippen LogP contribution in [0, 0.1) is 6.92 Å². The number of ether oxygens (including phenoxy) is 3. The third-order valence-corrected chi connectivity index (χ3v) is 7.69. The molecule has 2 bridgehead atoms. The van der Waals surface area contributed by atoms with Crippen molar-refractivity contribution in [3.05, 3.63) is 83.8 Å². The topological polar surface area (TPSA) is 87.4 Å². The predicted molar refractivity (Wildman–Crippen MR) is 168 cm³/mol. The Bertz CT molecular complexity index is 1700. The molecule has 0 saturated carbocycles. The SMILES string of the molecule is COc1ccc(CN2Cc3cccnc3OCCCCCOc3ncccc3-c3cc2c2c(n3)c(C)nn2C(C)C)cc1. The second-order valence-electron chi connectivity index (χ2n) is 11.1. The quantitative estimate of drug-likeness (QED) is 0.227. The van der Waals surface area contributed by atoms with E-state index in [1.165, 1.54) is 0 Å². The van der Waals surface area contributed by atoms with Crippen molar-refractivity contribution in [1.29, 1.82) is 0 Å². The number of benzene rings is 1. The molecule has 1 aliphatic rings. The normalized spacial score (nSPS) is 14.1. The van der Waals surface area contributed by atoms with Crippen LogP contribution in [0.2, 0.25) is 0 Å². The number of aryl methyl sites for hydroxylation is 1. The standard InChI is InChI=1S/C34H38N6O3/c1-23(2)40-32-30-20-29(37-31(32)24(3)38-40)28-11-9-17-36-34(28)43-19-7-5-6-18-42-33-26(10-8-16-35-33)22-39(30)21-25-12-14-27(41-4)15-13-25/h8-17,20,23H,5-7,18-19,21-22H2,1-4H3. The molecule has 0 spiro atoms. The zero-order valence-electron chi connectivity index (χ0n) is 25.3. The van der Waals surface area contributed by atoms with Crippen LogP contribution >= 0.6 is 0 Å². The van der Waals surface area contributed by atoms with E-state index in [0.717, 1.165) is 69.8 Å². The molecule has 43 heavy (non-hydrogen) atoms. The smallest absolute Gasteiger partial charge is 0.222 e. The highest BCUT2D eigenvalue weighted by Crippen LogP contribution is 2.38. The van der Waals surface area contributed by atoms with Crippen molar-refractivity contribution in [3.8, 4) is 28.8 Å². The third-order valence-electron chi connectivity index (χ3n) is 7.69. The van der Waals surface area contributed by atoms with Gasteiger partial charge in [0.05, 0.1) is 43.0 Å². The number of hydrogen-bond donors (Lipinski definition) is 0. The number of rotatable bonds is 4. The lowest BCUT2D eigenvalue weighted by Crippen LogP contribution is -2.24. The molecule has 0 fully saturated rings. The van der Waals surface area contributed by atoms with Gasteiger partial charge in [-0.15, -0.1) is 0 Å². The van der Waals surface area contributed by atoms with Gasteiger partial charge in [-0.1, -0.05) is 18.2 Å². The Hall–Kier alpha value is -4.66. The zero-order valence-corrected chi connectivity index (χ0v) is 25.3. The molecule has 5 heterocycles. The minimum absolute atomic E-state index is 0.137. The van der Waals surface area contributed by atoms with Crippen molar-refractivity contribution in [3.63, 3.8) is 0 Å². The van der Waals surface area contributed by atoms with Gasteiger partial charge in [0.25, 0.3) is 0 Å². The van der Waals surface area contributed by atoms with Gasteiger partial charge in [0.2, 0.25) is 11.8 Å². The molecular formula is C34H38N6O3. The number of aromatic nitrogens is 5. The molecule has 0 radical (unpaired) electrons. The summed E-state index contributed by atoms with van der Waals surface area (Å²) in [6.45, 7) is 8.70.